The van der Waals surface area contributed by atoms with Gasteiger partial charge in [0.05, 0.1) is 16.8 Å². The van der Waals surface area contributed by atoms with E-state index in [2.05, 4.69) is 26.2 Å². The Kier molecular flexibility index (Phi) is 3.66. The molecular formula is C16H10BrFN2O. The number of fused-ring (bicyclic) bond motifs is 1. The summed E-state index contributed by atoms with van der Waals surface area (Å²) in [5.74, 6) is -1.05. The molecule has 0 aliphatic heterocycles. The molecule has 0 saturated heterocycles. The zero-order valence-electron chi connectivity index (χ0n) is 10.8. The van der Waals surface area contributed by atoms with E-state index in [1.54, 1.807) is 24.4 Å². The standard InChI is InChI=1S/C16H10BrFN2O/c17-11-8-10-4-3-7-14(15(10)19-9-11)20-16(21)12-5-1-2-6-13(12)18/h1-9H,(H,20,21). The van der Waals surface area contributed by atoms with Gasteiger partial charge in [0.1, 0.15) is 5.82 Å². The molecule has 0 radical (unpaired) electrons. The summed E-state index contributed by atoms with van der Waals surface area (Å²) in [5.41, 5.74) is 1.21. The SMILES string of the molecule is O=C(Nc1cccc2cc(Br)cnc12)c1ccccc1F. The van der Waals surface area contributed by atoms with Gasteiger partial charge in [0, 0.05) is 16.1 Å². The summed E-state index contributed by atoms with van der Waals surface area (Å²) < 4.78 is 14.5. The third kappa shape index (κ3) is 2.78. The van der Waals surface area contributed by atoms with E-state index in [0.29, 0.717) is 11.2 Å². The first-order valence-electron chi connectivity index (χ1n) is 6.25. The van der Waals surface area contributed by atoms with Crippen molar-refractivity contribution in [3.63, 3.8) is 0 Å². The second-order valence-electron chi connectivity index (χ2n) is 4.46. The summed E-state index contributed by atoms with van der Waals surface area (Å²) in [6.45, 7) is 0. The Morgan fingerprint density at radius 1 is 1.14 bits per heavy atom. The van der Waals surface area contributed by atoms with Crippen LogP contribution in [0.3, 0.4) is 0 Å². The molecule has 1 aromatic heterocycles. The van der Waals surface area contributed by atoms with Gasteiger partial charge in [-0.3, -0.25) is 9.78 Å². The fourth-order valence-corrected chi connectivity index (χ4v) is 2.42. The van der Waals surface area contributed by atoms with Crippen LogP contribution in [0.25, 0.3) is 10.9 Å². The number of halogens is 2. The molecule has 0 unspecified atom stereocenters. The third-order valence-electron chi connectivity index (χ3n) is 3.04. The van der Waals surface area contributed by atoms with Crippen molar-refractivity contribution in [3.05, 3.63) is 70.6 Å². The van der Waals surface area contributed by atoms with E-state index in [-0.39, 0.29) is 5.56 Å². The number of nitrogens with zero attached hydrogens (tertiary/aromatic N) is 1. The molecule has 1 N–H and O–H groups in total. The minimum absolute atomic E-state index is 0.00612. The molecule has 5 heteroatoms. The highest BCUT2D eigenvalue weighted by molar-refractivity contribution is 9.10. The van der Waals surface area contributed by atoms with E-state index in [9.17, 15) is 9.18 Å². The molecule has 0 atom stereocenters. The molecule has 0 fully saturated rings. The van der Waals surface area contributed by atoms with E-state index < -0.39 is 11.7 Å². The Morgan fingerprint density at radius 3 is 2.76 bits per heavy atom. The number of para-hydroxylation sites is 1. The van der Waals surface area contributed by atoms with Gasteiger partial charge in [-0.2, -0.15) is 0 Å². The highest BCUT2D eigenvalue weighted by atomic mass is 79.9. The number of carbonyl (C=O) groups is 1. The smallest absolute Gasteiger partial charge is 0.258 e. The maximum Gasteiger partial charge on any atom is 0.258 e. The van der Waals surface area contributed by atoms with Crippen molar-refractivity contribution < 1.29 is 9.18 Å². The number of rotatable bonds is 2. The fraction of sp³-hybridized carbons (Fsp3) is 0. The Balaban J connectivity index is 1.99. The van der Waals surface area contributed by atoms with Crippen molar-refractivity contribution >= 4 is 38.4 Å². The van der Waals surface area contributed by atoms with Crippen LogP contribution in [0.4, 0.5) is 10.1 Å². The molecule has 0 bridgehead atoms. The highest BCUT2D eigenvalue weighted by Crippen LogP contribution is 2.24. The topological polar surface area (TPSA) is 42.0 Å². The van der Waals surface area contributed by atoms with Crippen LogP contribution in [0.15, 0.2) is 59.2 Å². The molecule has 21 heavy (non-hydrogen) atoms. The molecule has 0 spiro atoms. The number of hydrogen-bond acceptors (Lipinski definition) is 2. The quantitative estimate of drug-likeness (QED) is 0.749. The second-order valence-corrected chi connectivity index (χ2v) is 5.38. The molecule has 0 saturated carbocycles. The van der Waals surface area contributed by atoms with Crippen LogP contribution in [0.2, 0.25) is 0 Å². The van der Waals surface area contributed by atoms with Crippen LogP contribution in [-0.4, -0.2) is 10.9 Å². The van der Waals surface area contributed by atoms with Gasteiger partial charge in [-0.05, 0) is 40.2 Å². The Bertz CT molecular complexity index is 835. The zero-order valence-corrected chi connectivity index (χ0v) is 12.4. The van der Waals surface area contributed by atoms with Gasteiger partial charge in [-0.1, -0.05) is 24.3 Å². The average molecular weight is 345 g/mol. The zero-order chi connectivity index (χ0) is 14.8. The molecule has 104 valence electrons. The predicted octanol–water partition coefficient (Wildman–Crippen LogP) is 4.39. The van der Waals surface area contributed by atoms with Crippen molar-refractivity contribution in [1.29, 1.82) is 0 Å². The lowest BCUT2D eigenvalue weighted by Crippen LogP contribution is -2.14. The van der Waals surface area contributed by atoms with Crippen molar-refractivity contribution in [2.75, 3.05) is 5.32 Å². The number of pyridine rings is 1. The molecule has 2 aromatic carbocycles. The van der Waals surface area contributed by atoms with Gasteiger partial charge < -0.3 is 5.32 Å². The largest absolute Gasteiger partial charge is 0.320 e. The summed E-state index contributed by atoms with van der Waals surface area (Å²) >= 11 is 3.35. The summed E-state index contributed by atoms with van der Waals surface area (Å²) in [4.78, 5) is 16.5. The van der Waals surface area contributed by atoms with Crippen LogP contribution in [0.1, 0.15) is 10.4 Å². The lowest BCUT2D eigenvalue weighted by atomic mass is 10.1. The molecule has 1 heterocycles. The first kappa shape index (κ1) is 13.7. The summed E-state index contributed by atoms with van der Waals surface area (Å²) in [5, 5.41) is 3.59. The van der Waals surface area contributed by atoms with Gasteiger partial charge in [0.2, 0.25) is 0 Å². The van der Waals surface area contributed by atoms with Crippen LogP contribution in [-0.2, 0) is 0 Å². The molecule has 3 nitrogen and oxygen atoms in total. The average Bonchev–Trinajstić information content (AvgIpc) is 2.47. The van der Waals surface area contributed by atoms with E-state index >= 15 is 0 Å². The van der Waals surface area contributed by atoms with Crippen molar-refractivity contribution in [3.8, 4) is 0 Å². The Hall–Kier alpha value is -2.27. The first-order valence-corrected chi connectivity index (χ1v) is 7.04. The van der Waals surface area contributed by atoms with Gasteiger partial charge in [0.25, 0.3) is 5.91 Å². The molecule has 0 aliphatic rings. The first-order chi connectivity index (χ1) is 10.1. The molecule has 1 amide bonds. The summed E-state index contributed by atoms with van der Waals surface area (Å²) in [6, 6.07) is 13.2. The minimum Gasteiger partial charge on any atom is -0.320 e. The molecular weight excluding hydrogens is 335 g/mol. The number of aromatic nitrogens is 1. The normalized spacial score (nSPS) is 10.6. The fourth-order valence-electron chi connectivity index (χ4n) is 2.07. The highest BCUT2D eigenvalue weighted by Gasteiger charge is 2.12. The van der Waals surface area contributed by atoms with Gasteiger partial charge in [0.15, 0.2) is 0 Å². The molecule has 3 aromatic rings. The maximum atomic E-state index is 13.6. The van der Waals surface area contributed by atoms with E-state index in [1.165, 1.54) is 12.1 Å². The van der Waals surface area contributed by atoms with Crippen molar-refractivity contribution in [2.45, 2.75) is 0 Å². The number of benzene rings is 2. The monoisotopic (exact) mass is 344 g/mol. The predicted molar refractivity (Wildman–Crippen MR) is 83.8 cm³/mol. The van der Waals surface area contributed by atoms with Gasteiger partial charge >= 0.3 is 0 Å². The Morgan fingerprint density at radius 2 is 1.95 bits per heavy atom. The number of hydrogen-bond donors (Lipinski definition) is 1. The molecule has 0 aliphatic carbocycles. The van der Waals surface area contributed by atoms with Crippen molar-refractivity contribution in [2.24, 2.45) is 0 Å². The summed E-state index contributed by atoms with van der Waals surface area (Å²) in [7, 11) is 0. The maximum absolute atomic E-state index is 13.6. The van der Waals surface area contributed by atoms with Gasteiger partial charge in [-0.25, -0.2) is 4.39 Å². The van der Waals surface area contributed by atoms with Crippen molar-refractivity contribution in [1.82, 2.24) is 4.98 Å². The van der Waals surface area contributed by atoms with E-state index in [1.807, 2.05) is 18.2 Å². The number of anilines is 1. The Labute approximate surface area is 128 Å². The lowest BCUT2D eigenvalue weighted by molar-refractivity contribution is 0.102. The third-order valence-corrected chi connectivity index (χ3v) is 3.48. The van der Waals surface area contributed by atoms with Crippen LogP contribution in [0, 0.1) is 5.82 Å². The number of carbonyl (C=O) groups excluding carboxylic acids is 1. The van der Waals surface area contributed by atoms with Crippen LogP contribution < -0.4 is 5.32 Å². The van der Waals surface area contributed by atoms with E-state index in [4.69, 9.17) is 0 Å². The minimum atomic E-state index is -0.550. The second kappa shape index (κ2) is 5.61. The van der Waals surface area contributed by atoms with Crippen LogP contribution >= 0.6 is 15.9 Å². The van der Waals surface area contributed by atoms with Crippen LogP contribution in [0.5, 0.6) is 0 Å². The van der Waals surface area contributed by atoms with E-state index in [0.717, 1.165) is 9.86 Å². The number of nitrogens with one attached hydrogen (secondary N) is 1. The van der Waals surface area contributed by atoms with Gasteiger partial charge in [-0.15, -0.1) is 0 Å². The lowest BCUT2D eigenvalue weighted by Gasteiger charge is -2.08. The number of amides is 1. The summed E-state index contributed by atoms with van der Waals surface area (Å²) in [6.07, 6.45) is 1.65. The molecule has 3 rings (SSSR count).